The van der Waals surface area contributed by atoms with E-state index in [9.17, 15) is 4.79 Å². The molecule has 1 aromatic heterocycles. The Morgan fingerprint density at radius 1 is 1.03 bits per heavy atom. The molecule has 1 aliphatic heterocycles. The van der Waals surface area contributed by atoms with Crippen molar-refractivity contribution >= 4 is 23.1 Å². The molecule has 2 aliphatic rings. The predicted molar refractivity (Wildman–Crippen MR) is 117 cm³/mol. The summed E-state index contributed by atoms with van der Waals surface area (Å²) in [5, 5.41) is 6.33. The molecule has 1 saturated carbocycles. The number of anilines is 3. The van der Waals surface area contributed by atoms with Crippen LogP contribution in [0.1, 0.15) is 24.1 Å². The third kappa shape index (κ3) is 3.52. The van der Waals surface area contributed by atoms with Gasteiger partial charge in [-0.05, 0) is 61.7 Å². The number of methoxy groups -OCH3 is 1. The van der Waals surface area contributed by atoms with E-state index in [4.69, 9.17) is 14.2 Å². The van der Waals surface area contributed by atoms with Crippen molar-refractivity contribution in [3.63, 3.8) is 0 Å². The lowest BCUT2D eigenvalue weighted by Crippen LogP contribution is -2.28. The average Bonchev–Trinajstić information content (AvgIpc) is 3.47. The number of carbonyl (C=O) groups is 1. The number of aromatic nitrogens is 1. The summed E-state index contributed by atoms with van der Waals surface area (Å²) in [6.45, 7) is 2.12. The van der Waals surface area contributed by atoms with Crippen molar-refractivity contribution in [2.24, 2.45) is 0 Å². The number of para-hydroxylation sites is 2. The van der Waals surface area contributed by atoms with E-state index in [2.05, 4.69) is 15.6 Å². The summed E-state index contributed by atoms with van der Waals surface area (Å²) in [5.41, 5.74) is 2.88. The number of rotatable bonds is 6. The molecule has 0 spiro atoms. The van der Waals surface area contributed by atoms with Gasteiger partial charge in [0.05, 0.1) is 29.6 Å². The second-order valence-electron chi connectivity index (χ2n) is 7.76. The fourth-order valence-corrected chi connectivity index (χ4v) is 3.86. The Balaban J connectivity index is 1.32. The topological polar surface area (TPSA) is 81.7 Å². The van der Waals surface area contributed by atoms with Gasteiger partial charge >= 0.3 is 0 Å². The summed E-state index contributed by atoms with van der Waals surface area (Å²) in [5.74, 6) is 2.63. The maximum atomic E-state index is 13.1. The van der Waals surface area contributed by atoms with E-state index in [1.165, 1.54) is 0 Å². The summed E-state index contributed by atoms with van der Waals surface area (Å²) in [6.07, 6.45) is 1.59. The number of nitrogens with one attached hydrogen (secondary N) is 2. The van der Waals surface area contributed by atoms with Crippen LogP contribution < -0.4 is 24.8 Å². The largest absolute Gasteiger partial charge is 0.495 e. The maximum absolute atomic E-state index is 13.1. The van der Waals surface area contributed by atoms with Crippen molar-refractivity contribution in [2.45, 2.75) is 25.2 Å². The molecule has 158 valence electrons. The van der Waals surface area contributed by atoms with Crippen LogP contribution in [0.3, 0.4) is 0 Å². The summed E-state index contributed by atoms with van der Waals surface area (Å²) < 4.78 is 16.2. The molecule has 0 saturated heterocycles. The van der Waals surface area contributed by atoms with Gasteiger partial charge in [-0.2, -0.15) is 0 Å². The smallest absolute Gasteiger partial charge is 0.236 e. The summed E-state index contributed by atoms with van der Waals surface area (Å²) in [6, 6.07) is 17.1. The highest BCUT2D eigenvalue weighted by atomic mass is 16.7. The lowest BCUT2D eigenvalue weighted by molar-refractivity contribution is -0.118. The number of hydrogen-bond donors (Lipinski definition) is 2. The van der Waals surface area contributed by atoms with E-state index in [0.29, 0.717) is 11.6 Å². The molecule has 1 amide bonds. The van der Waals surface area contributed by atoms with Gasteiger partial charge in [0, 0.05) is 0 Å². The summed E-state index contributed by atoms with van der Waals surface area (Å²) in [7, 11) is 1.64. The van der Waals surface area contributed by atoms with Crippen molar-refractivity contribution in [2.75, 3.05) is 24.5 Å². The Labute approximate surface area is 180 Å². The SMILES string of the molecule is COc1ccccc1Nc1ccc(NC(=O)C2(c3ccc4c(c3)OCO4)CC2)nc1C. The quantitative estimate of drug-likeness (QED) is 0.613. The number of carbonyl (C=O) groups excluding carboxylic acids is 1. The van der Waals surface area contributed by atoms with Crippen LogP contribution in [0.25, 0.3) is 0 Å². The van der Waals surface area contributed by atoms with Gasteiger partial charge in [-0.3, -0.25) is 4.79 Å². The molecule has 7 heteroatoms. The minimum Gasteiger partial charge on any atom is -0.495 e. The second-order valence-corrected chi connectivity index (χ2v) is 7.76. The number of nitrogens with zero attached hydrogens (tertiary/aromatic N) is 1. The van der Waals surface area contributed by atoms with E-state index >= 15 is 0 Å². The first-order valence-corrected chi connectivity index (χ1v) is 10.2. The van der Waals surface area contributed by atoms with E-state index < -0.39 is 5.41 Å². The first-order chi connectivity index (χ1) is 15.1. The zero-order chi connectivity index (χ0) is 21.4. The molecule has 0 unspecified atom stereocenters. The average molecular weight is 417 g/mol. The molecule has 5 rings (SSSR count). The van der Waals surface area contributed by atoms with Crippen molar-refractivity contribution < 1.29 is 19.0 Å². The summed E-state index contributed by atoms with van der Waals surface area (Å²) >= 11 is 0. The molecule has 1 aliphatic carbocycles. The van der Waals surface area contributed by atoms with Gasteiger partial charge in [-0.1, -0.05) is 18.2 Å². The zero-order valence-corrected chi connectivity index (χ0v) is 17.4. The van der Waals surface area contributed by atoms with Gasteiger partial charge in [0.25, 0.3) is 0 Å². The Morgan fingerprint density at radius 3 is 2.61 bits per heavy atom. The molecule has 1 fully saturated rings. The van der Waals surface area contributed by atoms with Crippen LogP contribution >= 0.6 is 0 Å². The van der Waals surface area contributed by atoms with Crippen molar-refractivity contribution in [1.29, 1.82) is 0 Å². The Kier molecular flexibility index (Phi) is 4.66. The number of pyridine rings is 1. The minimum atomic E-state index is -0.537. The third-order valence-corrected chi connectivity index (χ3v) is 5.81. The van der Waals surface area contributed by atoms with Gasteiger partial charge in [0.2, 0.25) is 12.7 Å². The first-order valence-electron chi connectivity index (χ1n) is 10.2. The van der Waals surface area contributed by atoms with Crippen LogP contribution in [0, 0.1) is 6.92 Å². The molecule has 7 nitrogen and oxygen atoms in total. The van der Waals surface area contributed by atoms with E-state index in [1.54, 1.807) is 13.2 Å². The predicted octanol–water partition coefficient (Wildman–Crippen LogP) is 4.54. The third-order valence-electron chi connectivity index (χ3n) is 5.81. The van der Waals surface area contributed by atoms with Crippen molar-refractivity contribution in [3.05, 3.63) is 65.9 Å². The normalized spacial score (nSPS) is 15.3. The first kappa shape index (κ1) is 19.2. The molecule has 2 aromatic carbocycles. The maximum Gasteiger partial charge on any atom is 0.236 e. The number of hydrogen-bond acceptors (Lipinski definition) is 6. The van der Waals surface area contributed by atoms with Crippen LogP contribution in [-0.2, 0) is 10.2 Å². The number of benzene rings is 2. The Hall–Kier alpha value is -3.74. The molecule has 2 heterocycles. The van der Waals surface area contributed by atoms with Gasteiger partial charge < -0.3 is 24.8 Å². The van der Waals surface area contributed by atoms with Gasteiger partial charge in [0.1, 0.15) is 11.6 Å². The molecule has 0 bridgehead atoms. The number of amides is 1. The number of aryl methyl sites for hydroxylation is 1. The highest BCUT2D eigenvalue weighted by Crippen LogP contribution is 2.51. The highest BCUT2D eigenvalue weighted by molar-refractivity contribution is 6.01. The number of fused-ring (bicyclic) bond motifs is 1. The Bertz CT molecular complexity index is 1160. The van der Waals surface area contributed by atoms with E-state index in [-0.39, 0.29) is 12.7 Å². The van der Waals surface area contributed by atoms with Crippen LogP contribution in [0.4, 0.5) is 17.2 Å². The molecule has 0 radical (unpaired) electrons. The van der Waals surface area contributed by atoms with Gasteiger partial charge in [0.15, 0.2) is 11.5 Å². The molecule has 3 aromatic rings. The highest BCUT2D eigenvalue weighted by Gasteiger charge is 2.51. The fourth-order valence-electron chi connectivity index (χ4n) is 3.86. The molecular weight excluding hydrogens is 394 g/mol. The van der Waals surface area contributed by atoms with Crippen molar-refractivity contribution in [3.8, 4) is 17.2 Å². The lowest BCUT2D eigenvalue weighted by Gasteiger charge is -2.17. The molecular formula is C24H23N3O4. The number of ether oxygens (including phenoxy) is 3. The van der Waals surface area contributed by atoms with E-state index in [1.807, 2.05) is 55.5 Å². The van der Waals surface area contributed by atoms with Crippen LogP contribution in [0.15, 0.2) is 54.6 Å². The van der Waals surface area contributed by atoms with E-state index in [0.717, 1.165) is 47.0 Å². The monoisotopic (exact) mass is 417 g/mol. The zero-order valence-electron chi connectivity index (χ0n) is 17.4. The molecule has 31 heavy (non-hydrogen) atoms. The van der Waals surface area contributed by atoms with Crippen LogP contribution in [0.2, 0.25) is 0 Å². The van der Waals surface area contributed by atoms with Crippen molar-refractivity contribution in [1.82, 2.24) is 4.98 Å². The second kappa shape index (κ2) is 7.50. The van der Waals surface area contributed by atoms with Crippen LogP contribution in [0.5, 0.6) is 17.2 Å². The lowest BCUT2D eigenvalue weighted by atomic mass is 9.94. The summed E-state index contributed by atoms with van der Waals surface area (Å²) in [4.78, 5) is 17.7. The molecule has 0 atom stereocenters. The molecule has 2 N–H and O–H groups in total. The van der Waals surface area contributed by atoms with Gasteiger partial charge in [-0.15, -0.1) is 0 Å². The Morgan fingerprint density at radius 2 is 1.84 bits per heavy atom. The fraction of sp³-hybridized carbons (Fsp3) is 0.250. The van der Waals surface area contributed by atoms with Crippen LogP contribution in [-0.4, -0.2) is 24.8 Å². The minimum absolute atomic E-state index is 0.0521. The van der Waals surface area contributed by atoms with Gasteiger partial charge in [-0.25, -0.2) is 4.98 Å². The standard InChI is InChI=1S/C24H23N3O4/c1-15-17(26-18-5-3-4-6-19(18)29-2)8-10-22(25-15)27-23(28)24(11-12-24)16-7-9-20-21(13-16)31-14-30-20/h3-10,13,26H,11-12,14H2,1-2H3,(H,25,27,28).